The number of carbonyl (C=O) groups is 2. The Kier molecular flexibility index (Phi) is 3.17. The van der Waals surface area contributed by atoms with Gasteiger partial charge in [0.2, 0.25) is 5.91 Å². The third-order valence-electron chi connectivity index (χ3n) is 2.96. The molecule has 0 spiro atoms. The molecule has 5 heteroatoms. The van der Waals surface area contributed by atoms with Crippen molar-refractivity contribution >= 4 is 17.5 Å². The van der Waals surface area contributed by atoms with Crippen molar-refractivity contribution in [3.8, 4) is 0 Å². The van der Waals surface area contributed by atoms with Gasteiger partial charge in [0.15, 0.2) is 5.76 Å². The van der Waals surface area contributed by atoms with Crippen LogP contribution in [-0.4, -0.2) is 18.4 Å². The number of nitrogens with two attached hydrogens (primary N) is 1. The Morgan fingerprint density at radius 2 is 2.35 bits per heavy atom. The van der Waals surface area contributed by atoms with Crippen LogP contribution in [0.5, 0.6) is 0 Å². The van der Waals surface area contributed by atoms with Crippen LogP contribution in [0.3, 0.4) is 0 Å². The van der Waals surface area contributed by atoms with Crippen molar-refractivity contribution in [3.63, 3.8) is 0 Å². The number of hydrogen-bond acceptors (Lipinski definition) is 3. The van der Waals surface area contributed by atoms with Gasteiger partial charge in [-0.1, -0.05) is 13.3 Å². The predicted molar refractivity (Wildman–Crippen MR) is 62.8 cm³/mol. The van der Waals surface area contributed by atoms with Crippen molar-refractivity contribution in [2.24, 2.45) is 5.73 Å². The van der Waals surface area contributed by atoms with Gasteiger partial charge in [0.1, 0.15) is 6.26 Å². The van der Waals surface area contributed by atoms with Gasteiger partial charge in [-0.05, 0) is 12.8 Å². The fourth-order valence-electron chi connectivity index (χ4n) is 2.20. The number of hydrogen-bond donors (Lipinski definition) is 1. The van der Waals surface area contributed by atoms with Crippen LogP contribution in [0.15, 0.2) is 10.7 Å². The van der Waals surface area contributed by atoms with E-state index in [0.29, 0.717) is 25.1 Å². The molecule has 2 N–H and O–H groups in total. The van der Waals surface area contributed by atoms with E-state index in [1.165, 1.54) is 6.26 Å². The Hall–Kier alpha value is -1.78. The quantitative estimate of drug-likeness (QED) is 0.859. The lowest BCUT2D eigenvalue weighted by molar-refractivity contribution is -0.117. The van der Waals surface area contributed by atoms with E-state index in [0.717, 1.165) is 18.4 Å². The zero-order valence-corrected chi connectivity index (χ0v) is 9.86. The van der Waals surface area contributed by atoms with E-state index in [1.54, 1.807) is 4.90 Å². The van der Waals surface area contributed by atoms with Gasteiger partial charge >= 0.3 is 0 Å². The molecule has 1 saturated heterocycles. The Morgan fingerprint density at radius 1 is 1.59 bits per heavy atom. The van der Waals surface area contributed by atoms with Crippen LogP contribution >= 0.6 is 0 Å². The molecule has 1 fully saturated rings. The van der Waals surface area contributed by atoms with Crippen LogP contribution in [0.1, 0.15) is 42.3 Å². The first kappa shape index (κ1) is 11.7. The van der Waals surface area contributed by atoms with Gasteiger partial charge in [-0.2, -0.15) is 0 Å². The summed E-state index contributed by atoms with van der Waals surface area (Å²) in [6.45, 7) is 2.70. The van der Waals surface area contributed by atoms with Crippen LogP contribution < -0.4 is 10.6 Å². The predicted octanol–water partition coefficient (Wildman–Crippen LogP) is 1.46. The molecule has 92 valence electrons. The highest BCUT2D eigenvalue weighted by Gasteiger charge is 2.28. The zero-order chi connectivity index (χ0) is 12.4. The molecule has 0 bridgehead atoms. The van der Waals surface area contributed by atoms with Gasteiger partial charge in [-0.25, -0.2) is 0 Å². The summed E-state index contributed by atoms with van der Waals surface area (Å²) < 4.78 is 5.20. The van der Waals surface area contributed by atoms with Crippen molar-refractivity contribution in [1.29, 1.82) is 0 Å². The van der Waals surface area contributed by atoms with Crippen LogP contribution in [0.4, 0.5) is 5.69 Å². The van der Waals surface area contributed by atoms with Crippen molar-refractivity contribution in [3.05, 3.63) is 17.6 Å². The SMILES string of the molecule is CCCc1c(N2CCCC2=O)coc1C(N)=O. The standard InChI is InChI=1S/C12H16N2O3/c1-2-4-8-9(7-17-11(8)12(13)16)14-6-3-5-10(14)15/h7H,2-6H2,1H3,(H2,13,16). The first-order chi connectivity index (χ1) is 8.15. The highest BCUT2D eigenvalue weighted by atomic mass is 16.3. The Bertz CT molecular complexity index is 451. The van der Waals surface area contributed by atoms with E-state index in [9.17, 15) is 9.59 Å². The Morgan fingerprint density at radius 3 is 2.88 bits per heavy atom. The molecule has 1 aliphatic rings. The maximum atomic E-state index is 11.7. The lowest BCUT2D eigenvalue weighted by atomic mass is 10.1. The van der Waals surface area contributed by atoms with Gasteiger partial charge in [0.25, 0.3) is 5.91 Å². The molecule has 0 unspecified atom stereocenters. The fraction of sp³-hybridized carbons (Fsp3) is 0.500. The molecule has 0 saturated carbocycles. The maximum absolute atomic E-state index is 11.7. The van der Waals surface area contributed by atoms with E-state index < -0.39 is 5.91 Å². The summed E-state index contributed by atoms with van der Waals surface area (Å²) in [4.78, 5) is 24.6. The molecule has 1 aromatic heterocycles. The minimum absolute atomic E-state index is 0.0826. The average Bonchev–Trinajstić information content (AvgIpc) is 2.85. The van der Waals surface area contributed by atoms with E-state index in [-0.39, 0.29) is 11.7 Å². The first-order valence-corrected chi connectivity index (χ1v) is 5.85. The zero-order valence-electron chi connectivity index (χ0n) is 9.86. The third-order valence-corrected chi connectivity index (χ3v) is 2.96. The Balaban J connectivity index is 2.39. The Labute approximate surface area is 99.6 Å². The molecule has 2 heterocycles. The van der Waals surface area contributed by atoms with Crippen LogP contribution in [0.25, 0.3) is 0 Å². The van der Waals surface area contributed by atoms with Crippen LogP contribution in [0, 0.1) is 0 Å². The number of nitrogens with zero attached hydrogens (tertiary/aromatic N) is 1. The number of carbonyl (C=O) groups excluding carboxylic acids is 2. The molecule has 0 radical (unpaired) electrons. The third kappa shape index (κ3) is 2.05. The molecule has 2 amide bonds. The molecular formula is C12H16N2O3. The highest BCUT2D eigenvalue weighted by Crippen LogP contribution is 2.30. The summed E-state index contributed by atoms with van der Waals surface area (Å²) in [5.74, 6) is -0.313. The van der Waals surface area contributed by atoms with Crippen LogP contribution in [0.2, 0.25) is 0 Å². The smallest absolute Gasteiger partial charge is 0.284 e. The highest BCUT2D eigenvalue weighted by molar-refractivity contribution is 5.99. The molecule has 0 aromatic carbocycles. The second-order valence-corrected chi connectivity index (χ2v) is 4.19. The van der Waals surface area contributed by atoms with E-state index in [1.807, 2.05) is 6.92 Å². The molecule has 5 nitrogen and oxygen atoms in total. The average molecular weight is 236 g/mol. The maximum Gasteiger partial charge on any atom is 0.284 e. The normalized spacial score (nSPS) is 15.6. The topological polar surface area (TPSA) is 76.5 Å². The molecule has 0 atom stereocenters. The number of anilines is 1. The van der Waals surface area contributed by atoms with Crippen molar-refractivity contribution < 1.29 is 14.0 Å². The molecule has 1 aromatic rings. The second kappa shape index (κ2) is 4.61. The van der Waals surface area contributed by atoms with Gasteiger partial charge in [-0.15, -0.1) is 0 Å². The largest absolute Gasteiger partial charge is 0.457 e. The van der Waals surface area contributed by atoms with Crippen molar-refractivity contribution in [1.82, 2.24) is 0 Å². The molecule has 0 aliphatic carbocycles. The second-order valence-electron chi connectivity index (χ2n) is 4.19. The fourth-order valence-corrected chi connectivity index (χ4v) is 2.20. The minimum atomic E-state index is -0.577. The minimum Gasteiger partial charge on any atom is -0.457 e. The monoisotopic (exact) mass is 236 g/mol. The van der Waals surface area contributed by atoms with Gasteiger partial charge in [-0.3, -0.25) is 9.59 Å². The summed E-state index contributed by atoms with van der Waals surface area (Å²) >= 11 is 0. The summed E-state index contributed by atoms with van der Waals surface area (Å²) in [7, 11) is 0. The lowest BCUT2D eigenvalue weighted by Gasteiger charge is -2.15. The summed E-state index contributed by atoms with van der Waals surface area (Å²) in [6.07, 6.45) is 4.43. The molecule has 17 heavy (non-hydrogen) atoms. The van der Waals surface area contributed by atoms with E-state index >= 15 is 0 Å². The molecule has 2 rings (SSSR count). The first-order valence-electron chi connectivity index (χ1n) is 5.85. The number of amides is 2. The van der Waals surface area contributed by atoms with Gasteiger partial charge in [0, 0.05) is 18.5 Å². The molecular weight excluding hydrogens is 220 g/mol. The number of furan rings is 1. The van der Waals surface area contributed by atoms with Gasteiger partial charge < -0.3 is 15.1 Å². The van der Waals surface area contributed by atoms with Crippen LogP contribution in [-0.2, 0) is 11.2 Å². The summed E-state index contributed by atoms with van der Waals surface area (Å²) in [5.41, 5.74) is 6.73. The lowest BCUT2D eigenvalue weighted by Crippen LogP contribution is -2.24. The van der Waals surface area contributed by atoms with Gasteiger partial charge in [0.05, 0.1) is 5.69 Å². The van der Waals surface area contributed by atoms with E-state index in [2.05, 4.69) is 0 Å². The molecule has 1 aliphatic heterocycles. The summed E-state index contributed by atoms with van der Waals surface area (Å²) in [5, 5.41) is 0. The summed E-state index contributed by atoms with van der Waals surface area (Å²) in [6, 6.07) is 0. The number of primary amides is 1. The number of rotatable bonds is 4. The van der Waals surface area contributed by atoms with E-state index in [4.69, 9.17) is 10.2 Å². The van der Waals surface area contributed by atoms with Crippen molar-refractivity contribution in [2.45, 2.75) is 32.6 Å². The van der Waals surface area contributed by atoms with Crippen molar-refractivity contribution in [2.75, 3.05) is 11.4 Å².